The van der Waals surface area contributed by atoms with Gasteiger partial charge in [0.05, 0.1) is 6.10 Å². The van der Waals surface area contributed by atoms with Gasteiger partial charge in [-0.15, -0.1) is 0 Å². The zero-order chi connectivity index (χ0) is 11.8. The molecule has 92 valence electrons. The Hall–Kier alpha value is -0.340. The Morgan fingerprint density at radius 3 is 2.81 bits per heavy atom. The number of nitrogens with one attached hydrogen (secondary N) is 1. The smallest absolute Gasteiger partial charge is 0.0669 e. The Kier molecular flexibility index (Phi) is 3.41. The van der Waals surface area contributed by atoms with E-state index in [1.54, 1.807) is 0 Å². The fourth-order valence-electron chi connectivity index (χ4n) is 3.01. The summed E-state index contributed by atoms with van der Waals surface area (Å²) in [5, 5.41) is 13.4. The molecule has 1 fully saturated rings. The molecule has 2 nitrogen and oxygen atoms in total. The Morgan fingerprint density at radius 2 is 2.19 bits per heavy atom. The zero-order valence-corrected chi connectivity index (χ0v) is 10.7. The second-order valence-corrected chi connectivity index (χ2v) is 6.67. The van der Waals surface area contributed by atoms with E-state index in [0.717, 1.165) is 24.8 Å². The largest absolute Gasteiger partial charge is 0.392 e. The van der Waals surface area contributed by atoms with E-state index in [4.69, 9.17) is 0 Å². The van der Waals surface area contributed by atoms with Crippen LogP contribution in [0, 0.1) is 17.3 Å². The lowest BCUT2D eigenvalue weighted by molar-refractivity contribution is 0.0940. The molecule has 2 heteroatoms. The zero-order valence-electron chi connectivity index (χ0n) is 10.7. The van der Waals surface area contributed by atoms with E-state index >= 15 is 0 Å². The summed E-state index contributed by atoms with van der Waals surface area (Å²) in [5.74, 6) is 1.65. The topological polar surface area (TPSA) is 32.3 Å². The molecule has 0 spiro atoms. The number of aliphatic hydroxyl groups is 1. The molecule has 0 aromatic heterocycles. The van der Waals surface area contributed by atoms with E-state index in [1.165, 1.54) is 12.8 Å². The van der Waals surface area contributed by atoms with Gasteiger partial charge in [-0.1, -0.05) is 32.9 Å². The van der Waals surface area contributed by atoms with Crippen molar-refractivity contribution < 1.29 is 5.11 Å². The molecule has 0 amide bonds. The van der Waals surface area contributed by atoms with Crippen LogP contribution in [-0.2, 0) is 0 Å². The molecule has 0 aromatic carbocycles. The van der Waals surface area contributed by atoms with Crippen LogP contribution in [0.2, 0.25) is 0 Å². The van der Waals surface area contributed by atoms with E-state index in [1.807, 2.05) is 0 Å². The molecular formula is C14H25NO. The molecule has 4 unspecified atom stereocenters. The number of rotatable bonds is 4. The first-order chi connectivity index (χ1) is 7.46. The van der Waals surface area contributed by atoms with Crippen LogP contribution in [0.25, 0.3) is 0 Å². The highest BCUT2D eigenvalue weighted by atomic mass is 16.3. The number of fused-ring (bicyclic) bond motifs is 1. The summed E-state index contributed by atoms with van der Waals surface area (Å²) in [5.41, 5.74) is 0.219. The average molecular weight is 223 g/mol. The number of aliphatic hydroxyl groups excluding tert-OH is 1. The van der Waals surface area contributed by atoms with Crippen LogP contribution >= 0.6 is 0 Å². The third-order valence-corrected chi connectivity index (χ3v) is 3.83. The molecule has 16 heavy (non-hydrogen) atoms. The molecule has 1 saturated carbocycles. The summed E-state index contributed by atoms with van der Waals surface area (Å²) in [4.78, 5) is 0. The molecule has 0 aromatic rings. The maximum atomic E-state index is 9.91. The van der Waals surface area contributed by atoms with Gasteiger partial charge in [-0.2, -0.15) is 0 Å². The van der Waals surface area contributed by atoms with E-state index in [-0.39, 0.29) is 11.5 Å². The van der Waals surface area contributed by atoms with Crippen molar-refractivity contribution in [2.45, 2.75) is 52.2 Å². The van der Waals surface area contributed by atoms with Crippen molar-refractivity contribution in [2.24, 2.45) is 17.3 Å². The Labute approximate surface area is 99.1 Å². The maximum absolute atomic E-state index is 9.91. The van der Waals surface area contributed by atoms with Gasteiger partial charge in [0.2, 0.25) is 0 Å². The minimum atomic E-state index is -0.204. The van der Waals surface area contributed by atoms with Gasteiger partial charge in [0.15, 0.2) is 0 Å². The Balaban J connectivity index is 1.66. The van der Waals surface area contributed by atoms with Crippen LogP contribution in [0.15, 0.2) is 12.2 Å². The number of hydrogen-bond donors (Lipinski definition) is 2. The molecule has 0 bridgehead atoms. The molecule has 0 heterocycles. The van der Waals surface area contributed by atoms with Crippen molar-refractivity contribution in [1.29, 1.82) is 0 Å². The van der Waals surface area contributed by atoms with Crippen molar-refractivity contribution >= 4 is 0 Å². The normalized spacial score (nSPS) is 34.6. The first-order valence-electron chi connectivity index (χ1n) is 6.54. The van der Waals surface area contributed by atoms with Gasteiger partial charge in [-0.25, -0.2) is 0 Å². The van der Waals surface area contributed by atoms with Crippen LogP contribution < -0.4 is 5.32 Å². The second kappa shape index (κ2) is 4.50. The van der Waals surface area contributed by atoms with Crippen molar-refractivity contribution in [3.8, 4) is 0 Å². The van der Waals surface area contributed by atoms with Gasteiger partial charge in [-0.3, -0.25) is 0 Å². The first-order valence-corrected chi connectivity index (χ1v) is 6.54. The second-order valence-electron chi connectivity index (χ2n) is 6.67. The molecule has 2 rings (SSSR count). The quantitative estimate of drug-likeness (QED) is 0.717. The van der Waals surface area contributed by atoms with Crippen molar-refractivity contribution in [3.05, 3.63) is 12.2 Å². The van der Waals surface area contributed by atoms with Gasteiger partial charge in [0.1, 0.15) is 0 Å². The molecule has 2 aliphatic carbocycles. The van der Waals surface area contributed by atoms with Gasteiger partial charge in [0.25, 0.3) is 0 Å². The van der Waals surface area contributed by atoms with Crippen LogP contribution in [0.5, 0.6) is 0 Å². The van der Waals surface area contributed by atoms with Crippen LogP contribution in [0.1, 0.15) is 40.0 Å². The molecule has 4 atom stereocenters. The fraction of sp³-hybridized carbons (Fsp3) is 0.857. The van der Waals surface area contributed by atoms with Crippen LogP contribution in [0.4, 0.5) is 0 Å². The molecule has 0 radical (unpaired) electrons. The fourth-order valence-corrected chi connectivity index (χ4v) is 3.01. The summed E-state index contributed by atoms with van der Waals surface area (Å²) >= 11 is 0. The van der Waals surface area contributed by atoms with E-state index in [9.17, 15) is 5.11 Å². The summed E-state index contributed by atoms with van der Waals surface area (Å²) in [6, 6.07) is 0.623. The Morgan fingerprint density at radius 1 is 1.44 bits per heavy atom. The summed E-state index contributed by atoms with van der Waals surface area (Å²) in [6.07, 6.45) is 7.89. The standard InChI is InChI=1S/C14H25NO/c1-14(2,3)8-11(16)9-15-13-7-10-5-4-6-12(10)13/h4,6,10-13,15-16H,5,7-9H2,1-3H3. The van der Waals surface area contributed by atoms with Gasteiger partial charge >= 0.3 is 0 Å². The minimum Gasteiger partial charge on any atom is -0.392 e. The lowest BCUT2D eigenvalue weighted by atomic mass is 9.71. The molecule has 2 aliphatic rings. The first kappa shape index (κ1) is 12.1. The highest BCUT2D eigenvalue weighted by Crippen LogP contribution is 2.42. The lowest BCUT2D eigenvalue weighted by Gasteiger charge is -2.41. The lowest BCUT2D eigenvalue weighted by Crippen LogP contribution is -2.50. The third kappa shape index (κ3) is 2.86. The molecular weight excluding hydrogens is 198 g/mol. The van der Waals surface area contributed by atoms with Crippen molar-refractivity contribution in [3.63, 3.8) is 0 Å². The van der Waals surface area contributed by atoms with E-state index < -0.39 is 0 Å². The van der Waals surface area contributed by atoms with Gasteiger partial charge in [0, 0.05) is 12.6 Å². The average Bonchev–Trinajstić information content (AvgIpc) is 2.44. The maximum Gasteiger partial charge on any atom is 0.0669 e. The van der Waals surface area contributed by atoms with Gasteiger partial charge in [-0.05, 0) is 36.5 Å². The highest BCUT2D eigenvalue weighted by molar-refractivity contribution is 5.12. The molecule has 0 saturated heterocycles. The summed E-state index contributed by atoms with van der Waals surface area (Å²) in [6.45, 7) is 7.28. The number of hydrogen-bond acceptors (Lipinski definition) is 2. The van der Waals surface area contributed by atoms with E-state index in [0.29, 0.717) is 6.04 Å². The van der Waals surface area contributed by atoms with Gasteiger partial charge < -0.3 is 10.4 Å². The van der Waals surface area contributed by atoms with Crippen molar-refractivity contribution in [1.82, 2.24) is 5.32 Å². The monoisotopic (exact) mass is 223 g/mol. The van der Waals surface area contributed by atoms with Crippen LogP contribution in [-0.4, -0.2) is 23.8 Å². The summed E-state index contributed by atoms with van der Waals surface area (Å²) in [7, 11) is 0. The van der Waals surface area contributed by atoms with Crippen LogP contribution in [0.3, 0.4) is 0 Å². The predicted molar refractivity (Wildman–Crippen MR) is 67.2 cm³/mol. The number of allylic oxidation sites excluding steroid dienone is 1. The van der Waals surface area contributed by atoms with E-state index in [2.05, 4.69) is 38.2 Å². The minimum absolute atomic E-state index is 0.204. The predicted octanol–water partition coefficient (Wildman–Crippen LogP) is 2.34. The Bertz CT molecular complexity index is 266. The van der Waals surface area contributed by atoms with Crippen molar-refractivity contribution in [2.75, 3.05) is 6.54 Å². The summed E-state index contributed by atoms with van der Waals surface area (Å²) < 4.78 is 0. The highest BCUT2D eigenvalue weighted by Gasteiger charge is 2.40. The third-order valence-electron chi connectivity index (χ3n) is 3.83. The molecule has 0 aliphatic heterocycles. The SMILES string of the molecule is CC(C)(C)CC(O)CNC1CC2CC=CC21. The molecule has 2 N–H and O–H groups in total.